The highest BCUT2D eigenvalue weighted by Crippen LogP contribution is 2.22. The summed E-state index contributed by atoms with van der Waals surface area (Å²) in [4.78, 5) is 38.1. The van der Waals surface area contributed by atoms with Crippen LogP contribution in [0.15, 0.2) is 24.3 Å². The molecule has 1 saturated carbocycles. The first-order valence-corrected chi connectivity index (χ1v) is 11.0. The van der Waals surface area contributed by atoms with E-state index in [1.807, 2.05) is 7.05 Å². The third-order valence-electron chi connectivity index (χ3n) is 4.75. The molecule has 0 unspecified atom stereocenters. The van der Waals surface area contributed by atoms with E-state index in [-0.39, 0.29) is 17.4 Å². The smallest absolute Gasteiger partial charge is 0.316 e. The van der Waals surface area contributed by atoms with Gasteiger partial charge in [0.1, 0.15) is 0 Å². The van der Waals surface area contributed by atoms with E-state index in [4.69, 9.17) is 16.3 Å². The fourth-order valence-electron chi connectivity index (χ4n) is 3.06. The van der Waals surface area contributed by atoms with Gasteiger partial charge in [0.05, 0.1) is 11.5 Å². The summed E-state index contributed by atoms with van der Waals surface area (Å²) in [6, 6.07) is 6.96. The van der Waals surface area contributed by atoms with Crippen LogP contribution in [0.25, 0.3) is 0 Å². The van der Waals surface area contributed by atoms with Crippen molar-refractivity contribution in [1.29, 1.82) is 0 Å². The van der Waals surface area contributed by atoms with Crippen molar-refractivity contribution in [3.8, 4) is 0 Å². The Bertz CT molecular complexity index is 677. The monoisotopic (exact) mass is 426 g/mol. The van der Waals surface area contributed by atoms with Gasteiger partial charge in [0.25, 0.3) is 5.91 Å². The molecule has 0 aromatic heterocycles. The van der Waals surface area contributed by atoms with Crippen LogP contribution in [0.2, 0.25) is 5.02 Å². The van der Waals surface area contributed by atoms with Crippen LogP contribution < -0.4 is 5.32 Å². The quantitative estimate of drug-likeness (QED) is 0.641. The predicted octanol–water partition coefficient (Wildman–Crippen LogP) is 3.73. The number of benzene rings is 1. The first-order chi connectivity index (χ1) is 13.4. The molecule has 8 heteroatoms. The maximum absolute atomic E-state index is 12.3. The van der Waals surface area contributed by atoms with E-state index in [0.29, 0.717) is 16.8 Å². The standard InChI is InChI=1S/C20H27ClN2O4S/c1-14(20(26)22-16-10-8-15(21)9-11-16)27-19(25)13-28-12-18(24)23(2)17-6-4-3-5-7-17/h8-11,14,17H,3-7,12-13H2,1-2H3,(H,22,26)/t14-/m0/s1. The van der Waals surface area contributed by atoms with Gasteiger partial charge in [0.2, 0.25) is 5.91 Å². The van der Waals surface area contributed by atoms with Crippen LogP contribution in [-0.4, -0.2) is 53.4 Å². The van der Waals surface area contributed by atoms with Crippen LogP contribution in [0.4, 0.5) is 5.69 Å². The van der Waals surface area contributed by atoms with Crippen LogP contribution in [-0.2, 0) is 19.1 Å². The molecule has 2 rings (SSSR count). The molecule has 1 fully saturated rings. The summed E-state index contributed by atoms with van der Waals surface area (Å²) >= 11 is 7.01. The van der Waals surface area contributed by atoms with Crippen LogP contribution >= 0.6 is 23.4 Å². The molecule has 0 bridgehead atoms. The highest BCUT2D eigenvalue weighted by atomic mass is 35.5. The van der Waals surface area contributed by atoms with E-state index in [2.05, 4.69) is 5.32 Å². The number of rotatable bonds is 8. The molecule has 154 valence electrons. The molecule has 0 saturated heterocycles. The molecule has 0 spiro atoms. The van der Waals surface area contributed by atoms with Gasteiger partial charge >= 0.3 is 5.97 Å². The van der Waals surface area contributed by atoms with E-state index < -0.39 is 18.0 Å². The number of nitrogens with zero attached hydrogens (tertiary/aromatic N) is 1. The lowest BCUT2D eigenvalue weighted by Gasteiger charge is -2.31. The van der Waals surface area contributed by atoms with Crippen LogP contribution in [0, 0.1) is 0 Å². The number of amides is 2. The molecular weight excluding hydrogens is 400 g/mol. The Labute approximate surface area is 175 Å². The van der Waals surface area contributed by atoms with Crippen molar-refractivity contribution in [1.82, 2.24) is 4.90 Å². The molecule has 1 aromatic rings. The average molecular weight is 427 g/mol. The van der Waals surface area contributed by atoms with Gasteiger partial charge in [-0.25, -0.2) is 0 Å². The van der Waals surface area contributed by atoms with Gasteiger partial charge in [-0.15, -0.1) is 11.8 Å². The fraction of sp³-hybridized carbons (Fsp3) is 0.550. The molecule has 28 heavy (non-hydrogen) atoms. The largest absolute Gasteiger partial charge is 0.452 e. The van der Waals surface area contributed by atoms with Gasteiger partial charge in [-0.2, -0.15) is 0 Å². The molecule has 1 aliphatic rings. The summed E-state index contributed by atoms with van der Waals surface area (Å²) in [6.45, 7) is 1.51. The Morgan fingerprint density at radius 2 is 1.82 bits per heavy atom. The van der Waals surface area contributed by atoms with E-state index in [1.54, 1.807) is 29.2 Å². The summed E-state index contributed by atoms with van der Waals surface area (Å²) in [5.74, 6) is -0.653. The maximum Gasteiger partial charge on any atom is 0.316 e. The van der Waals surface area contributed by atoms with Crippen LogP contribution in [0.3, 0.4) is 0 Å². The summed E-state index contributed by atoms with van der Waals surface area (Å²) in [5.41, 5.74) is 0.572. The molecule has 0 heterocycles. The minimum absolute atomic E-state index is 0.0261. The van der Waals surface area contributed by atoms with E-state index in [9.17, 15) is 14.4 Å². The maximum atomic E-state index is 12.3. The lowest BCUT2D eigenvalue weighted by molar-refractivity contribution is -0.150. The zero-order chi connectivity index (χ0) is 20.5. The van der Waals surface area contributed by atoms with E-state index in [0.717, 1.165) is 25.7 Å². The fourth-order valence-corrected chi connectivity index (χ4v) is 3.90. The highest BCUT2D eigenvalue weighted by molar-refractivity contribution is 8.00. The van der Waals surface area contributed by atoms with E-state index >= 15 is 0 Å². The molecule has 1 atom stereocenters. The lowest BCUT2D eigenvalue weighted by Crippen LogP contribution is -2.39. The Morgan fingerprint density at radius 1 is 1.18 bits per heavy atom. The van der Waals surface area contributed by atoms with Crippen LogP contribution in [0.5, 0.6) is 0 Å². The van der Waals surface area contributed by atoms with E-state index in [1.165, 1.54) is 25.1 Å². The average Bonchev–Trinajstić information content (AvgIpc) is 2.69. The minimum Gasteiger partial charge on any atom is -0.452 e. The third-order valence-corrected chi connectivity index (χ3v) is 5.89. The van der Waals surface area contributed by atoms with Gasteiger partial charge in [0.15, 0.2) is 6.10 Å². The van der Waals surface area contributed by atoms with Gasteiger partial charge in [-0.1, -0.05) is 30.9 Å². The number of halogens is 1. The summed E-state index contributed by atoms with van der Waals surface area (Å²) in [7, 11) is 1.83. The number of ether oxygens (including phenoxy) is 1. The zero-order valence-electron chi connectivity index (χ0n) is 16.3. The lowest BCUT2D eigenvalue weighted by atomic mass is 9.94. The number of hydrogen-bond acceptors (Lipinski definition) is 5. The highest BCUT2D eigenvalue weighted by Gasteiger charge is 2.23. The van der Waals surface area contributed by atoms with Crippen molar-refractivity contribution in [3.05, 3.63) is 29.3 Å². The van der Waals surface area contributed by atoms with Crippen molar-refractivity contribution in [2.75, 3.05) is 23.9 Å². The van der Waals surface area contributed by atoms with Gasteiger partial charge in [-0.3, -0.25) is 14.4 Å². The summed E-state index contributed by atoms with van der Waals surface area (Å²) in [5, 5.41) is 3.23. The Kier molecular flexibility index (Phi) is 9.12. The first kappa shape index (κ1) is 22.6. The van der Waals surface area contributed by atoms with Crippen molar-refractivity contribution < 1.29 is 19.1 Å². The molecule has 2 amide bonds. The normalized spacial score (nSPS) is 15.5. The Hall–Kier alpha value is -1.73. The molecule has 0 radical (unpaired) electrons. The zero-order valence-corrected chi connectivity index (χ0v) is 17.9. The van der Waals surface area contributed by atoms with Crippen molar-refractivity contribution in [2.45, 2.75) is 51.2 Å². The second kappa shape index (κ2) is 11.3. The van der Waals surface area contributed by atoms with Crippen molar-refractivity contribution >= 4 is 46.8 Å². The molecule has 6 nitrogen and oxygen atoms in total. The number of thioether (sulfide) groups is 1. The second-order valence-electron chi connectivity index (χ2n) is 6.92. The van der Waals surface area contributed by atoms with Crippen molar-refractivity contribution in [3.63, 3.8) is 0 Å². The van der Waals surface area contributed by atoms with Gasteiger partial charge in [-0.05, 0) is 44.0 Å². The number of esters is 1. The SMILES string of the molecule is C[C@H](OC(=O)CSCC(=O)N(C)C1CCCCC1)C(=O)Nc1ccc(Cl)cc1. The first-order valence-electron chi connectivity index (χ1n) is 9.46. The Balaban J connectivity index is 1.67. The minimum atomic E-state index is -0.926. The van der Waals surface area contributed by atoms with Crippen LogP contribution in [0.1, 0.15) is 39.0 Å². The predicted molar refractivity (Wildman–Crippen MR) is 113 cm³/mol. The van der Waals surface area contributed by atoms with Gasteiger partial charge < -0.3 is 15.0 Å². The van der Waals surface area contributed by atoms with Crippen molar-refractivity contribution in [2.24, 2.45) is 0 Å². The third kappa shape index (κ3) is 7.36. The topological polar surface area (TPSA) is 75.7 Å². The summed E-state index contributed by atoms with van der Waals surface area (Å²) in [6.07, 6.45) is 4.74. The van der Waals surface area contributed by atoms with Gasteiger partial charge in [0, 0.05) is 23.8 Å². The number of carbonyl (C=O) groups is 3. The summed E-state index contributed by atoms with van der Waals surface area (Å²) < 4.78 is 5.14. The molecule has 1 aliphatic carbocycles. The Morgan fingerprint density at radius 3 is 2.46 bits per heavy atom. The number of nitrogens with one attached hydrogen (secondary N) is 1. The number of carbonyl (C=O) groups excluding carboxylic acids is 3. The second-order valence-corrected chi connectivity index (χ2v) is 8.34. The molecule has 1 N–H and O–H groups in total. The molecule has 0 aliphatic heterocycles. The molecule has 1 aromatic carbocycles. The number of hydrogen-bond donors (Lipinski definition) is 1. The molecular formula is C20H27ClN2O4S. The number of anilines is 1.